The molecular weight excluding hydrogens is 330 g/mol. The number of carbonyl (C=O) groups excluding carboxylic acids is 2. The van der Waals surface area contributed by atoms with Crippen LogP contribution in [0.5, 0.6) is 5.75 Å². The van der Waals surface area contributed by atoms with Gasteiger partial charge in [-0.15, -0.1) is 11.8 Å². The Kier molecular flexibility index (Phi) is 5.64. The first kappa shape index (κ1) is 18.4. The van der Waals surface area contributed by atoms with E-state index in [-0.39, 0.29) is 6.04 Å². The van der Waals surface area contributed by atoms with Gasteiger partial charge in [0.25, 0.3) is 0 Å². The number of methoxy groups -OCH3 is 1. The number of benzene rings is 1. The number of ether oxygens (including phenoxy) is 3. The normalized spacial score (nSPS) is 16.6. The molecule has 0 radical (unpaired) electrons. The third-order valence-electron chi connectivity index (χ3n) is 3.47. The first-order valence-electron chi connectivity index (χ1n) is 7.68. The molecule has 1 heterocycles. The molecule has 0 aliphatic carbocycles. The zero-order chi connectivity index (χ0) is 17.9. The number of amides is 1. The third-order valence-corrected chi connectivity index (χ3v) is 4.28. The Morgan fingerprint density at radius 2 is 2.04 bits per heavy atom. The SMILES string of the molecule is COC(=O)c1ccc2c(c1SC)OCC[C@@H]2NC(=O)OC(C)(C)C. The summed E-state index contributed by atoms with van der Waals surface area (Å²) < 4.78 is 15.9. The predicted octanol–water partition coefficient (Wildman–Crippen LogP) is 3.54. The van der Waals surface area contributed by atoms with Gasteiger partial charge in [-0.25, -0.2) is 9.59 Å². The van der Waals surface area contributed by atoms with Crippen LogP contribution in [-0.4, -0.2) is 37.6 Å². The first-order valence-corrected chi connectivity index (χ1v) is 8.91. The Hall–Kier alpha value is -1.89. The van der Waals surface area contributed by atoms with E-state index in [2.05, 4.69) is 5.32 Å². The van der Waals surface area contributed by atoms with Gasteiger partial charge in [-0.1, -0.05) is 6.07 Å². The molecule has 1 aromatic rings. The molecule has 1 aliphatic rings. The fourth-order valence-electron chi connectivity index (χ4n) is 2.51. The van der Waals surface area contributed by atoms with E-state index in [0.717, 1.165) is 10.5 Å². The maximum Gasteiger partial charge on any atom is 0.408 e. The summed E-state index contributed by atoms with van der Waals surface area (Å²) >= 11 is 1.41. The highest BCUT2D eigenvalue weighted by molar-refractivity contribution is 7.98. The summed E-state index contributed by atoms with van der Waals surface area (Å²) in [6.45, 7) is 5.91. The number of fused-ring (bicyclic) bond motifs is 1. The van der Waals surface area contributed by atoms with E-state index in [1.807, 2.05) is 27.0 Å². The van der Waals surface area contributed by atoms with Gasteiger partial charge in [0.15, 0.2) is 0 Å². The lowest BCUT2D eigenvalue weighted by Crippen LogP contribution is -2.37. The Morgan fingerprint density at radius 1 is 1.33 bits per heavy atom. The van der Waals surface area contributed by atoms with Crippen molar-refractivity contribution in [2.75, 3.05) is 20.0 Å². The monoisotopic (exact) mass is 353 g/mol. The number of hydrogen-bond donors (Lipinski definition) is 1. The average Bonchev–Trinajstić information content (AvgIpc) is 2.51. The minimum atomic E-state index is -0.558. The second kappa shape index (κ2) is 7.34. The Balaban J connectivity index is 2.30. The second-order valence-electron chi connectivity index (χ2n) is 6.39. The molecule has 1 aliphatic heterocycles. The lowest BCUT2D eigenvalue weighted by Gasteiger charge is -2.29. The number of rotatable bonds is 3. The zero-order valence-corrected chi connectivity index (χ0v) is 15.4. The molecular formula is C17H23NO5S. The molecule has 0 aromatic heterocycles. The first-order chi connectivity index (χ1) is 11.3. The summed E-state index contributed by atoms with van der Waals surface area (Å²) in [6.07, 6.45) is 2.04. The van der Waals surface area contributed by atoms with Crippen molar-refractivity contribution in [2.45, 2.75) is 43.7 Å². The summed E-state index contributed by atoms with van der Waals surface area (Å²) in [4.78, 5) is 24.7. The van der Waals surface area contributed by atoms with E-state index in [9.17, 15) is 9.59 Å². The molecule has 0 fully saturated rings. The number of alkyl carbamates (subject to hydrolysis) is 1. The number of esters is 1. The van der Waals surface area contributed by atoms with E-state index < -0.39 is 17.7 Å². The quantitative estimate of drug-likeness (QED) is 0.662. The molecule has 1 N–H and O–H groups in total. The molecule has 132 valence electrons. The maximum atomic E-state index is 12.1. The van der Waals surface area contributed by atoms with Gasteiger partial charge in [0, 0.05) is 12.0 Å². The van der Waals surface area contributed by atoms with Crippen LogP contribution in [-0.2, 0) is 9.47 Å². The maximum absolute atomic E-state index is 12.1. The summed E-state index contributed by atoms with van der Waals surface area (Å²) in [7, 11) is 1.35. The van der Waals surface area contributed by atoms with E-state index in [0.29, 0.717) is 24.3 Å². The zero-order valence-electron chi connectivity index (χ0n) is 14.6. The lowest BCUT2D eigenvalue weighted by atomic mass is 9.98. The van der Waals surface area contributed by atoms with Gasteiger partial charge in [-0.05, 0) is 33.1 Å². The van der Waals surface area contributed by atoms with Gasteiger partial charge in [0.1, 0.15) is 11.4 Å². The molecule has 0 spiro atoms. The van der Waals surface area contributed by atoms with Crippen LogP contribution < -0.4 is 10.1 Å². The topological polar surface area (TPSA) is 73.9 Å². The Bertz CT molecular complexity index is 639. The Morgan fingerprint density at radius 3 is 2.62 bits per heavy atom. The molecule has 1 atom stereocenters. The highest BCUT2D eigenvalue weighted by atomic mass is 32.2. The van der Waals surface area contributed by atoms with Crippen molar-refractivity contribution in [3.05, 3.63) is 23.3 Å². The molecule has 1 amide bonds. The Labute approximate surface area is 146 Å². The smallest absolute Gasteiger partial charge is 0.408 e. The fourth-order valence-corrected chi connectivity index (χ4v) is 3.24. The number of hydrogen-bond acceptors (Lipinski definition) is 6. The van der Waals surface area contributed by atoms with E-state index in [1.165, 1.54) is 18.9 Å². The van der Waals surface area contributed by atoms with Crippen molar-refractivity contribution in [2.24, 2.45) is 0 Å². The molecule has 7 heteroatoms. The van der Waals surface area contributed by atoms with Gasteiger partial charge >= 0.3 is 12.1 Å². The van der Waals surface area contributed by atoms with Gasteiger partial charge in [-0.2, -0.15) is 0 Å². The molecule has 1 aromatic carbocycles. The minimum absolute atomic E-state index is 0.221. The van der Waals surface area contributed by atoms with Crippen molar-refractivity contribution in [1.29, 1.82) is 0 Å². The average molecular weight is 353 g/mol. The third kappa shape index (κ3) is 4.14. The number of carbonyl (C=O) groups is 2. The standard InChI is InChI=1S/C17H23NO5S/c1-17(2,3)23-16(20)18-12-8-9-22-13-10(12)6-7-11(14(13)24-5)15(19)21-4/h6-7,12H,8-9H2,1-5H3,(H,18,20)/t12-/m0/s1. The minimum Gasteiger partial charge on any atom is -0.492 e. The highest BCUT2D eigenvalue weighted by Gasteiger charge is 2.29. The second-order valence-corrected chi connectivity index (χ2v) is 7.21. The van der Waals surface area contributed by atoms with Crippen LogP contribution in [0.2, 0.25) is 0 Å². The van der Waals surface area contributed by atoms with Gasteiger partial charge in [0.05, 0.1) is 30.2 Å². The van der Waals surface area contributed by atoms with Crippen molar-refractivity contribution < 1.29 is 23.8 Å². The summed E-state index contributed by atoms with van der Waals surface area (Å²) in [6, 6.07) is 3.28. The fraction of sp³-hybridized carbons (Fsp3) is 0.529. The van der Waals surface area contributed by atoms with Gasteiger partial charge in [0.2, 0.25) is 0 Å². The van der Waals surface area contributed by atoms with Gasteiger partial charge < -0.3 is 19.5 Å². The summed E-state index contributed by atoms with van der Waals surface area (Å²) in [5.41, 5.74) is 0.739. The van der Waals surface area contributed by atoms with Crippen molar-refractivity contribution in [3.8, 4) is 5.75 Å². The van der Waals surface area contributed by atoms with Gasteiger partial charge in [-0.3, -0.25) is 0 Å². The highest BCUT2D eigenvalue weighted by Crippen LogP contribution is 2.41. The van der Waals surface area contributed by atoms with E-state index >= 15 is 0 Å². The number of nitrogens with one attached hydrogen (secondary N) is 1. The molecule has 0 saturated carbocycles. The lowest BCUT2D eigenvalue weighted by molar-refractivity contribution is 0.0488. The molecule has 0 saturated heterocycles. The molecule has 0 bridgehead atoms. The molecule has 24 heavy (non-hydrogen) atoms. The van der Waals surface area contributed by atoms with Crippen LogP contribution >= 0.6 is 11.8 Å². The van der Waals surface area contributed by atoms with E-state index in [1.54, 1.807) is 12.1 Å². The van der Waals surface area contributed by atoms with Crippen LogP contribution in [0.4, 0.5) is 4.79 Å². The van der Waals surface area contributed by atoms with Crippen LogP contribution in [0.25, 0.3) is 0 Å². The molecule has 2 rings (SSSR count). The van der Waals surface area contributed by atoms with Crippen LogP contribution in [0.1, 0.15) is 49.2 Å². The predicted molar refractivity (Wildman–Crippen MR) is 91.8 cm³/mol. The molecule has 0 unspecified atom stereocenters. The van der Waals surface area contributed by atoms with Crippen molar-refractivity contribution >= 4 is 23.8 Å². The number of thioether (sulfide) groups is 1. The largest absolute Gasteiger partial charge is 0.492 e. The molecule has 6 nitrogen and oxygen atoms in total. The summed E-state index contributed by atoms with van der Waals surface area (Å²) in [5, 5.41) is 2.88. The summed E-state index contributed by atoms with van der Waals surface area (Å²) in [5.74, 6) is 0.214. The van der Waals surface area contributed by atoms with E-state index in [4.69, 9.17) is 14.2 Å². The van der Waals surface area contributed by atoms with Crippen LogP contribution in [0.3, 0.4) is 0 Å². The van der Waals surface area contributed by atoms with Crippen LogP contribution in [0.15, 0.2) is 17.0 Å². The van der Waals surface area contributed by atoms with Crippen LogP contribution in [0, 0.1) is 0 Å². The van der Waals surface area contributed by atoms with Crippen molar-refractivity contribution in [3.63, 3.8) is 0 Å². The van der Waals surface area contributed by atoms with Crippen molar-refractivity contribution in [1.82, 2.24) is 5.32 Å².